The summed E-state index contributed by atoms with van der Waals surface area (Å²) in [7, 11) is 5.41. The van der Waals surface area contributed by atoms with Gasteiger partial charge in [-0.2, -0.15) is 0 Å². The molecule has 0 unspecified atom stereocenters. The number of carbonyl (C=O) groups is 5. The Kier molecular flexibility index (Phi) is 14.2. The number of nitrogens with one attached hydrogen (secondary N) is 2. The third-order valence-electron chi connectivity index (χ3n) is 14.3. The average Bonchev–Trinajstić information content (AvgIpc) is 4.15. The second-order valence-electron chi connectivity index (χ2n) is 19.7. The van der Waals surface area contributed by atoms with Crippen LogP contribution in [0.15, 0.2) is 41.9 Å². The van der Waals surface area contributed by atoms with E-state index in [0.29, 0.717) is 37.4 Å². The molecule has 6 atom stereocenters. The highest BCUT2D eigenvalue weighted by Crippen LogP contribution is 2.42. The van der Waals surface area contributed by atoms with Crippen LogP contribution in [-0.4, -0.2) is 117 Å². The zero-order valence-corrected chi connectivity index (χ0v) is 40.8. The SMILES string of the molecule is CC#CC(=O)N1C[C@H](C)[C@H](C(=O)N(C)[C@H](C(=O)N[C@H]2Cc3nc(cs3)-c3ccc4c(c3)c(c(-c3cccnc3[C@H](C)OC)n4C)CC(C)(C)COC(=O)[C@@H]3CCCN(N3)C2=O)C2CCCC2)C1. The standard InChI is InChI=1S/C51H64N8O7S/c1-9-14-43(60)58-26-30(2)37(27-58)48(62)57(7)45(32-15-10-11-16-32)47(61)54-39-24-42-53-40(28-67-42)33-19-20-41-35(23-33)36(46(56(41)6)34-17-12-21-52-44(34)31(3)65-8)25-51(4,5)29-66-50(64)38-18-13-22-59(55-38)49(39)63/h12,17,19-21,23,28,30-32,37-39,45,55H,10-11,13,15-16,18,22,24-27,29H2,1-8H3,(H,54,61)/t30-,31-,37+,38-,39-,45-/m0/s1. The van der Waals surface area contributed by atoms with Crippen molar-refractivity contribution in [2.75, 3.05) is 40.4 Å². The number of amides is 4. The fourth-order valence-corrected chi connectivity index (χ4v) is 11.5. The number of cyclic esters (lactones) is 1. The molecule has 1 aliphatic carbocycles. The van der Waals surface area contributed by atoms with Crippen LogP contribution in [0.3, 0.4) is 0 Å². The molecule has 8 rings (SSSR count). The second-order valence-corrected chi connectivity index (χ2v) is 20.6. The van der Waals surface area contributed by atoms with Gasteiger partial charge in [0.15, 0.2) is 0 Å². The van der Waals surface area contributed by atoms with E-state index in [-0.39, 0.29) is 49.3 Å². The molecule has 0 radical (unpaired) electrons. The molecule has 2 saturated heterocycles. The summed E-state index contributed by atoms with van der Waals surface area (Å²) < 4.78 is 14.1. The monoisotopic (exact) mass is 932 g/mol. The highest BCUT2D eigenvalue weighted by atomic mass is 32.1. The van der Waals surface area contributed by atoms with Crippen molar-refractivity contribution in [1.82, 2.24) is 40.1 Å². The van der Waals surface area contributed by atoms with Crippen molar-refractivity contribution in [3.05, 3.63) is 58.2 Å². The predicted molar refractivity (Wildman–Crippen MR) is 256 cm³/mol. The van der Waals surface area contributed by atoms with Crippen LogP contribution in [-0.2, 0) is 53.3 Å². The van der Waals surface area contributed by atoms with Crippen molar-refractivity contribution in [1.29, 1.82) is 0 Å². The number of likely N-dealkylation sites (tertiary alicyclic amines) is 1. The Morgan fingerprint density at radius 1 is 1.10 bits per heavy atom. The van der Waals surface area contributed by atoms with Crippen LogP contribution in [0.1, 0.15) is 95.5 Å². The third kappa shape index (κ3) is 9.87. The molecule has 356 valence electrons. The maximum absolute atomic E-state index is 14.9. The Morgan fingerprint density at radius 3 is 2.63 bits per heavy atom. The van der Waals surface area contributed by atoms with Crippen molar-refractivity contribution in [3.8, 4) is 34.4 Å². The van der Waals surface area contributed by atoms with E-state index in [1.54, 1.807) is 37.1 Å². The van der Waals surface area contributed by atoms with Gasteiger partial charge >= 0.3 is 5.97 Å². The van der Waals surface area contributed by atoms with E-state index in [1.807, 2.05) is 25.3 Å². The molecule has 4 aliphatic rings. The molecule has 0 spiro atoms. The van der Waals surface area contributed by atoms with Crippen LogP contribution in [0.2, 0.25) is 0 Å². The lowest BCUT2D eigenvalue weighted by molar-refractivity contribution is -0.155. The van der Waals surface area contributed by atoms with Crippen LogP contribution in [0.5, 0.6) is 0 Å². The van der Waals surface area contributed by atoms with E-state index in [1.165, 1.54) is 16.3 Å². The number of aryl methyl sites for hydroxylation is 1. The largest absolute Gasteiger partial charge is 0.464 e. The number of aromatic nitrogens is 3. The van der Waals surface area contributed by atoms with Crippen LogP contribution in [0.25, 0.3) is 33.4 Å². The summed E-state index contributed by atoms with van der Waals surface area (Å²) in [5.74, 6) is 2.71. The van der Waals surface area contributed by atoms with Gasteiger partial charge in [0.1, 0.15) is 18.1 Å². The first-order valence-corrected chi connectivity index (χ1v) is 24.5. The zero-order valence-electron chi connectivity index (χ0n) is 40.0. The summed E-state index contributed by atoms with van der Waals surface area (Å²) in [6.07, 6.45) is 6.59. The maximum atomic E-state index is 14.9. The Hall–Kier alpha value is -5.63. The van der Waals surface area contributed by atoms with Gasteiger partial charge in [0.05, 0.1) is 40.7 Å². The highest BCUT2D eigenvalue weighted by Gasteiger charge is 2.44. The number of hydrogen-bond acceptors (Lipinski definition) is 11. The molecule has 1 aromatic carbocycles. The van der Waals surface area contributed by atoms with E-state index < -0.39 is 47.2 Å². The molecule has 6 heterocycles. The number of hydrazine groups is 1. The van der Waals surface area contributed by atoms with E-state index in [9.17, 15) is 24.0 Å². The second kappa shape index (κ2) is 19.9. The fourth-order valence-electron chi connectivity index (χ4n) is 10.6. The molecule has 67 heavy (non-hydrogen) atoms. The van der Waals surface area contributed by atoms with E-state index in [4.69, 9.17) is 19.4 Å². The number of hydrogen-bond donors (Lipinski definition) is 2. The van der Waals surface area contributed by atoms with Gasteiger partial charge in [0.2, 0.25) is 11.8 Å². The summed E-state index contributed by atoms with van der Waals surface area (Å²) in [5, 5.41) is 8.23. The number of methoxy groups -OCH3 is 1. The Balaban J connectivity index is 1.15. The molecule has 15 nitrogen and oxygen atoms in total. The average molecular weight is 933 g/mol. The van der Waals surface area contributed by atoms with Crippen molar-refractivity contribution < 1.29 is 33.4 Å². The Morgan fingerprint density at radius 2 is 1.88 bits per heavy atom. The lowest BCUT2D eigenvalue weighted by Gasteiger charge is -2.37. The number of likely N-dealkylation sites (N-methyl/N-ethyl adjacent to an activating group) is 1. The number of esters is 1. The molecule has 4 aromatic rings. The summed E-state index contributed by atoms with van der Waals surface area (Å²) in [4.78, 5) is 83.6. The number of thiazole rings is 1. The lowest BCUT2D eigenvalue weighted by atomic mass is 9.84. The van der Waals surface area contributed by atoms with Crippen molar-refractivity contribution in [2.45, 2.75) is 110 Å². The molecule has 1 saturated carbocycles. The van der Waals surface area contributed by atoms with Gasteiger partial charge < -0.3 is 29.2 Å². The molecule has 3 aromatic heterocycles. The van der Waals surface area contributed by atoms with E-state index in [2.05, 4.69) is 72.3 Å². The topological polar surface area (TPSA) is 168 Å². The van der Waals surface area contributed by atoms with Crippen molar-refractivity contribution in [2.24, 2.45) is 30.2 Å². The Bertz CT molecular complexity index is 2600. The summed E-state index contributed by atoms with van der Waals surface area (Å²) in [6.45, 7) is 10.8. The van der Waals surface area contributed by atoms with Gasteiger partial charge in [0, 0.05) is 86.3 Å². The zero-order chi connectivity index (χ0) is 47.7. The molecule has 3 fully saturated rings. The number of ether oxygens (including phenoxy) is 2. The number of carbonyl (C=O) groups excluding carboxylic acids is 5. The lowest BCUT2D eigenvalue weighted by Crippen LogP contribution is -2.62. The molecule has 6 bridgehead atoms. The normalized spacial score (nSPS) is 23.2. The van der Waals surface area contributed by atoms with Crippen LogP contribution < -0.4 is 10.7 Å². The Labute approximate surface area is 397 Å². The van der Waals surface area contributed by atoms with Crippen LogP contribution >= 0.6 is 11.3 Å². The first-order chi connectivity index (χ1) is 32.1. The third-order valence-corrected chi connectivity index (χ3v) is 15.2. The minimum Gasteiger partial charge on any atom is -0.464 e. The summed E-state index contributed by atoms with van der Waals surface area (Å²) in [6, 6.07) is 7.65. The van der Waals surface area contributed by atoms with Gasteiger partial charge in [-0.05, 0) is 93.5 Å². The van der Waals surface area contributed by atoms with Crippen LogP contribution in [0.4, 0.5) is 0 Å². The fraction of sp³-hybridized carbons (Fsp3) is 0.549. The van der Waals surface area contributed by atoms with Gasteiger partial charge in [0.25, 0.3) is 11.8 Å². The van der Waals surface area contributed by atoms with Crippen molar-refractivity contribution in [3.63, 3.8) is 0 Å². The first-order valence-electron chi connectivity index (χ1n) is 23.7. The number of rotatable bonds is 8. The molecule has 4 amide bonds. The number of nitrogens with zero attached hydrogens (tertiary/aromatic N) is 6. The number of fused-ring (bicyclic) bond motifs is 6. The number of benzene rings is 1. The van der Waals surface area contributed by atoms with Gasteiger partial charge in [-0.25, -0.2) is 10.4 Å². The van der Waals surface area contributed by atoms with Crippen molar-refractivity contribution >= 4 is 51.8 Å². The smallest absolute Gasteiger partial charge is 0.324 e. The summed E-state index contributed by atoms with van der Waals surface area (Å²) in [5.41, 5.74) is 9.19. The van der Waals surface area contributed by atoms with E-state index in [0.717, 1.165) is 70.4 Å². The molecular formula is C51H64N8O7S. The highest BCUT2D eigenvalue weighted by molar-refractivity contribution is 7.10. The maximum Gasteiger partial charge on any atom is 0.324 e. The molecule has 2 N–H and O–H groups in total. The minimum atomic E-state index is -1.07. The minimum absolute atomic E-state index is 0.0887. The predicted octanol–water partition coefficient (Wildman–Crippen LogP) is 5.85. The molecule has 16 heteroatoms. The van der Waals surface area contributed by atoms with Gasteiger partial charge in [-0.3, -0.25) is 34.0 Å². The summed E-state index contributed by atoms with van der Waals surface area (Å²) >= 11 is 1.42. The molecule has 3 aliphatic heterocycles. The first kappa shape index (κ1) is 47.8. The quantitative estimate of drug-likeness (QED) is 0.162. The molecular weight excluding hydrogens is 869 g/mol. The number of pyridine rings is 1. The van der Waals surface area contributed by atoms with Gasteiger partial charge in [-0.15, -0.1) is 11.3 Å². The van der Waals surface area contributed by atoms with Gasteiger partial charge in [-0.1, -0.05) is 45.6 Å². The van der Waals surface area contributed by atoms with Crippen LogP contribution in [0, 0.1) is 35.0 Å². The van der Waals surface area contributed by atoms with E-state index >= 15 is 0 Å².